The van der Waals surface area contributed by atoms with E-state index in [-0.39, 0.29) is 34.5 Å². The van der Waals surface area contributed by atoms with Gasteiger partial charge in [0.2, 0.25) is 5.91 Å². The normalized spacial score (nSPS) is 20.3. The molecule has 0 bridgehead atoms. The van der Waals surface area contributed by atoms with Crippen LogP contribution < -0.4 is 5.32 Å². The Morgan fingerprint density at radius 3 is 2.66 bits per heavy atom. The van der Waals surface area contributed by atoms with Gasteiger partial charge in [-0.1, -0.05) is 49.0 Å². The van der Waals surface area contributed by atoms with E-state index in [9.17, 15) is 13.2 Å². The molecule has 1 aromatic carbocycles. The second kappa shape index (κ2) is 9.30. The number of carbonyl (C=O) groups is 1. The van der Waals surface area contributed by atoms with Crippen molar-refractivity contribution in [2.75, 3.05) is 18.1 Å². The number of thioether (sulfide) groups is 1. The van der Waals surface area contributed by atoms with Gasteiger partial charge in [0.05, 0.1) is 16.8 Å². The third-order valence-corrected chi connectivity index (χ3v) is 8.30. The summed E-state index contributed by atoms with van der Waals surface area (Å²) >= 11 is 1.36. The minimum absolute atomic E-state index is 0.0378. The molecule has 1 aliphatic heterocycles. The number of aromatic nitrogens is 3. The van der Waals surface area contributed by atoms with Gasteiger partial charge in [-0.15, -0.1) is 10.2 Å². The van der Waals surface area contributed by atoms with Gasteiger partial charge in [-0.05, 0) is 30.7 Å². The SMILES string of the molecule is CC(Sc1nnc(CC2CCS(=O)(=O)C2)n1C)C(=O)NCC(C)c1ccccc1. The number of hydrogen-bond donors (Lipinski definition) is 1. The molecule has 1 saturated heterocycles. The molecule has 1 aromatic heterocycles. The number of hydrogen-bond acceptors (Lipinski definition) is 6. The van der Waals surface area contributed by atoms with E-state index in [1.165, 1.54) is 17.3 Å². The maximum atomic E-state index is 12.5. The molecule has 1 amide bonds. The number of sulfone groups is 1. The van der Waals surface area contributed by atoms with E-state index >= 15 is 0 Å². The molecule has 0 radical (unpaired) electrons. The van der Waals surface area contributed by atoms with Crippen LogP contribution in [-0.2, 0) is 28.1 Å². The van der Waals surface area contributed by atoms with Crippen LogP contribution in [0, 0.1) is 5.92 Å². The molecule has 0 spiro atoms. The average Bonchev–Trinajstić information content (AvgIpc) is 3.22. The van der Waals surface area contributed by atoms with Crippen molar-refractivity contribution in [3.05, 3.63) is 41.7 Å². The first-order chi connectivity index (χ1) is 13.7. The fourth-order valence-corrected chi connectivity index (χ4v) is 6.15. The topological polar surface area (TPSA) is 93.9 Å². The van der Waals surface area contributed by atoms with Crippen molar-refractivity contribution in [2.45, 2.75) is 43.0 Å². The summed E-state index contributed by atoms with van der Waals surface area (Å²) in [7, 11) is -1.04. The zero-order valence-electron chi connectivity index (χ0n) is 17.0. The summed E-state index contributed by atoms with van der Waals surface area (Å²) in [6.45, 7) is 4.52. The largest absolute Gasteiger partial charge is 0.355 e. The maximum absolute atomic E-state index is 12.5. The van der Waals surface area contributed by atoms with Gasteiger partial charge in [0.15, 0.2) is 15.0 Å². The lowest BCUT2D eigenvalue weighted by Crippen LogP contribution is -2.33. The summed E-state index contributed by atoms with van der Waals surface area (Å²) in [6.07, 6.45) is 1.27. The van der Waals surface area contributed by atoms with Gasteiger partial charge < -0.3 is 9.88 Å². The molecule has 7 nitrogen and oxygen atoms in total. The van der Waals surface area contributed by atoms with E-state index in [4.69, 9.17) is 0 Å². The summed E-state index contributed by atoms with van der Waals surface area (Å²) in [6, 6.07) is 10.1. The molecule has 3 unspecified atom stereocenters. The molecule has 2 heterocycles. The van der Waals surface area contributed by atoms with E-state index in [1.54, 1.807) is 0 Å². The highest BCUT2D eigenvalue weighted by molar-refractivity contribution is 8.00. The van der Waals surface area contributed by atoms with Crippen LogP contribution in [0.1, 0.15) is 37.6 Å². The number of nitrogens with one attached hydrogen (secondary N) is 1. The first-order valence-electron chi connectivity index (χ1n) is 9.83. The quantitative estimate of drug-likeness (QED) is 0.638. The van der Waals surface area contributed by atoms with Gasteiger partial charge in [-0.25, -0.2) is 8.42 Å². The summed E-state index contributed by atoms with van der Waals surface area (Å²) in [5, 5.41) is 11.8. The minimum Gasteiger partial charge on any atom is -0.355 e. The van der Waals surface area contributed by atoms with Crippen molar-refractivity contribution in [3.63, 3.8) is 0 Å². The number of rotatable bonds is 8. The molecular formula is C20H28N4O3S2. The minimum atomic E-state index is -2.90. The summed E-state index contributed by atoms with van der Waals surface area (Å²) < 4.78 is 25.2. The van der Waals surface area contributed by atoms with E-state index in [0.29, 0.717) is 24.5 Å². The Labute approximate surface area is 176 Å². The standard InChI is InChI=1S/C20H28N4O3S2/c1-14(17-7-5-4-6-8-17)12-21-19(25)15(2)28-20-23-22-18(24(20)3)11-16-9-10-29(26,27)13-16/h4-8,14-16H,9-13H2,1-3H3,(H,21,25). The molecule has 29 heavy (non-hydrogen) atoms. The van der Waals surface area contributed by atoms with E-state index < -0.39 is 9.84 Å². The zero-order valence-corrected chi connectivity index (χ0v) is 18.7. The van der Waals surface area contributed by atoms with E-state index in [1.807, 2.05) is 36.7 Å². The fourth-order valence-electron chi connectivity index (χ4n) is 3.43. The highest BCUT2D eigenvalue weighted by Gasteiger charge is 2.29. The number of benzene rings is 1. The predicted octanol–water partition coefficient (Wildman–Crippen LogP) is 2.19. The number of carbonyl (C=O) groups excluding carboxylic acids is 1. The van der Waals surface area contributed by atoms with E-state index in [0.717, 1.165) is 5.82 Å². The monoisotopic (exact) mass is 436 g/mol. The lowest BCUT2D eigenvalue weighted by Gasteiger charge is -2.16. The van der Waals surface area contributed by atoms with Crippen LogP contribution in [-0.4, -0.2) is 52.4 Å². The summed E-state index contributed by atoms with van der Waals surface area (Å²) in [5.41, 5.74) is 1.19. The molecule has 9 heteroatoms. The second-order valence-electron chi connectivity index (χ2n) is 7.75. The third-order valence-electron chi connectivity index (χ3n) is 5.33. The zero-order chi connectivity index (χ0) is 21.0. The Balaban J connectivity index is 1.51. The van der Waals surface area contributed by atoms with Crippen LogP contribution in [0.4, 0.5) is 0 Å². The molecule has 3 atom stereocenters. The number of nitrogens with zero attached hydrogens (tertiary/aromatic N) is 3. The van der Waals surface area contributed by atoms with Crippen LogP contribution in [0.2, 0.25) is 0 Å². The van der Waals surface area contributed by atoms with Crippen molar-refractivity contribution in [1.82, 2.24) is 20.1 Å². The Morgan fingerprint density at radius 2 is 2.00 bits per heavy atom. The van der Waals surface area contributed by atoms with Crippen molar-refractivity contribution in [3.8, 4) is 0 Å². The maximum Gasteiger partial charge on any atom is 0.233 e. The molecule has 3 rings (SSSR count). The van der Waals surface area contributed by atoms with Crippen molar-refractivity contribution in [2.24, 2.45) is 13.0 Å². The lowest BCUT2D eigenvalue weighted by molar-refractivity contribution is -0.120. The Morgan fingerprint density at radius 1 is 1.28 bits per heavy atom. The van der Waals surface area contributed by atoms with Crippen LogP contribution in [0.5, 0.6) is 0 Å². The van der Waals surface area contributed by atoms with Crippen LogP contribution in [0.25, 0.3) is 0 Å². The molecule has 0 aliphatic carbocycles. The van der Waals surface area contributed by atoms with Gasteiger partial charge >= 0.3 is 0 Å². The number of amides is 1. The van der Waals surface area contributed by atoms with Crippen molar-refractivity contribution in [1.29, 1.82) is 0 Å². The molecular weight excluding hydrogens is 408 g/mol. The summed E-state index contributed by atoms with van der Waals surface area (Å²) in [4.78, 5) is 12.5. The molecule has 0 saturated carbocycles. The Hall–Kier alpha value is -1.87. The van der Waals surface area contributed by atoms with Crippen LogP contribution >= 0.6 is 11.8 Å². The summed E-state index contributed by atoms with van der Waals surface area (Å²) in [5.74, 6) is 1.54. The Bertz CT molecular complexity index is 944. The molecule has 1 fully saturated rings. The fraction of sp³-hybridized carbons (Fsp3) is 0.550. The van der Waals surface area contributed by atoms with Gasteiger partial charge in [0, 0.05) is 20.0 Å². The molecule has 1 aliphatic rings. The van der Waals surface area contributed by atoms with Crippen molar-refractivity contribution < 1.29 is 13.2 Å². The van der Waals surface area contributed by atoms with Gasteiger partial charge in [0.25, 0.3) is 0 Å². The Kier molecular flexibility index (Phi) is 7.00. The van der Waals surface area contributed by atoms with Crippen LogP contribution in [0.15, 0.2) is 35.5 Å². The first-order valence-corrected chi connectivity index (χ1v) is 12.5. The van der Waals surface area contributed by atoms with Gasteiger partial charge in [-0.3, -0.25) is 4.79 Å². The van der Waals surface area contributed by atoms with Crippen molar-refractivity contribution >= 4 is 27.5 Å². The first kappa shape index (κ1) is 21.8. The lowest BCUT2D eigenvalue weighted by atomic mass is 10.0. The highest BCUT2D eigenvalue weighted by Crippen LogP contribution is 2.25. The van der Waals surface area contributed by atoms with E-state index in [2.05, 4.69) is 34.6 Å². The van der Waals surface area contributed by atoms with Crippen LogP contribution in [0.3, 0.4) is 0 Å². The molecule has 158 valence electrons. The third kappa shape index (κ3) is 5.82. The van der Waals surface area contributed by atoms with Gasteiger partial charge in [0.1, 0.15) is 5.82 Å². The smallest absolute Gasteiger partial charge is 0.233 e. The average molecular weight is 437 g/mol. The highest BCUT2D eigenvalue weighted by atomic mass is 32.2. The molecule has 1 N–H and O–H groups in total. The predicted molar refractivity (Wildman–Crippen MR) is 115 cm³/mol. The molecule has 2 aromatic rings. The second-order valence-corrected chi connectivity index (χ2v) is 11.3. The van der Waals surface area contributed by atoms with Gasteiger partial charge in [-0.2, -0.15) is 0 Å².